The van der Waals surface area contributed by atoms with Crippen LogP contribution in [0.4, 0.5) is 11.4 Å². The molecule has 0 spiro atoms. The second kappa shape index (κ2) is 6.56. The normalized spacial score (nSPS) is 10.6. The molecule has 0 heterocycles. The van der Waals surface area contributed by atoms with Gasteiger partial charge in [-0.25, -0.2) is 0 Å². The highest BCUT2D eigenvalue weighted by Gasteiger charge is 2.13. The number of nitrogens with one attached hydrogen (secondary N) is 1. The van der Waals surface area contributed by atoms with Crippen LogP contribution >= 0.6 is 15.9 Å². The van der Waals surface area contributed by atoms with Crippen molar-refractivity contribution in [2.24, 2.45) is 0 Å². The van der Waals surface area contributed by atoms with Crippen molar-refractivity contribution >= 4 is 27.3 Å². The zero-order chi connectivity index (χ0) is 12.8. The largest absolute Gasteiger partial charge is 0.378 e. The maximum Gasteiger partial charge on any atom is 0.293 e. The van der Waals surface area contributed by atoms with E-state index < -0.39 is 0 Å². The SMILES string of the molecule is CCN(C)CCNc1ccc(Br)cc1[N+](=O)[O-]. The van der Waals surface area contributed by atoms with Crippen LogP contribution in [0.25, 0.3) is 0 Å². The fourth-order valence-corrected chi connectivity index (χ4v) is 1.69. The molecule has 5 nitrogen and oxygen atoms in total. The van der Waals surface area contributed by atoms with Crippen molar-refractivity contribution in [3.63, 3.8) is 0 Å². The highest BCUT2D eigenvalue weighted by Crippen LogP contribution is 2.27. The number of nitrogens with zero attached hydrogens (tertiary/aromatic N) is 2. The van der Waals surface area contributed by atoms with Crippen LogP contribution < -0.4 is 5.32 Å². The third-order valence-corrected chi connectivity index (χ3v) is 3.00. The Balaban J connectivity index is 2.67. The second-order valence-electron chi connectivity index (χ2n) is 3.74. The zero-order valence-electron chi connectivity index (χ0n) is 9.94. The van der Waals surface area contributed by atoms with Crippen LogP contribution in [0.3, 0.4) is 0 Å². The summed E-state index contributed by atoms with van der Waals surface area (Å²) in [5.41, 5.74) is 0.654. The van der Waals surface area contributed by atoms with Crippen LogP contribution in [0.1, 0.15) is 6.92 Å². The minimum Gasteiger partial charge on any atom is -0.378 e. The van der Waals surface area contributed by atoms with Gasteiger partial charge in [-0.15, -0.1) is 0 Å². The maximum absolute atomic E-state index is 10.9. The van der Waals surface area contributed by atoms with Gasteiger partial charge in [0.15, 0.2) is 0 Å². The third kappa shape index (κ3) is 4.32. The van der Waals surface area contributed by atoms with E-state index >= 15 is 0 Å². The Morgan fingerprint density at radius 2 is 2.24 bits per heavy atom. The summed E-state index contributed by atoms with van der Waals surface area (Å²) >= 11 is 3.23. The Morgan fingerprint density at radius 1 is 1.53 bits per heavy atom. The number of hydrogen-bond donors (Lipinski definition) is 1. The van der Waals surface area contributed by atoms with E-state index in [1.807, 2.05) is 7.05 Å². The van der Waals surface area contributed by atoms with Gasteiger partial charge in [0, 0.05) is 23.6 Å². The number of hydrogen-bond acceptors (Lipinski definition) is 4. The van der Waals surface area contributed by atoms with Crippen LogP contribution in [-0.2, 0) is 0 Å². The summed E-state index contributed by atoms with van der Waals surface area (Å²) in [4.78, 5) is 12.6. The van der Waals surface area contributed by atoms with E-state index in [9.17, 15) is 10.1 Å². The number of likely N-dealkylation sites (N-methyl/N-ethyl adjacent to an activating group) is 1. The number of anilines is 1. The molecule has 1 aromatic rings. The monoisotopic (exact) mass is 301 g/mol. The number of nitro benzene ring substituents is 1. The lowest BCUT2D eigenvalue weighted by atomic mass is 10.2. The number of rotatable bonds is 6. The molecule has 0 aliphatic rings. The summed E-state index contributed by atoms with van der Waals surface area (Å²) in [6.45, 7) is 4.57. The first-order valence-electron chi connectivity index (χ1n) is 5.41. The molecular formula is C11H16BrN3O2. The Labute approximate surface area is 109 Å². The topological polar surface area (TPSA) is 58.4 Å². The summed E-state index contributed by atoms with van der Waals surface area (Å²) < 4.78 is 0.709. The van der Waals surface area contributed by atoms with E-state index in [1.54, 1.807) is 12.1 Å². The van der Waals surface area contributed by atoms with Gasteiger partial charge >= 0.3 is 0 Å². The molecule has 0 saturated carbocycles. The van der Waals surface area contributed by atoms with E-state index in [2.05, 4.69) is 33.1 Å². The number of halogens is 1. The fraction of sp³-hybridized carbons (Fsp3) is 0.455. The predicted molar refractivity (Wildman–Crippen MR) is 72.5 cm³/mol. The van der Waals surface area contributed by atoms with Crippen LogP contribution in [0.2, 0.25) is 0 Å². The quantitative estimate of drug-likeness (QED) is 0.648. The predicted octanol–water partition coefficient (Wildman–Crippen LogP) is 2.72. The lowest BCUT2D eigenvalue weighted by Crippen LogP contribution is -2.24. The average molecular weight is 302 g/mol. The van der Waals surface area contributed by atoms with Crippen molar-refractivity contribution in [1.29, 1.82) is 0 Å². The molecule has 0 bridgehead atoms. The Kier molecular flexibility index (Phi) is 5.37. The summed E-state index contributed by atoms with van der Waals surface area (Å²) in [5.74, 6) is 0. The molecular weight excluding hydrogens is 286 g/mol. The zero-order valence-corrected chi connectivity index (χ0v) is 11.5. The summed E-state index contributed by atoms with van der Waals surface area (Å²) in [7, 11) is 2.01. The molecule has 1 N–H and O–H groups in total. The Bertz CT molecular complexity index is 398. The molecule has 0 aliphatic heterocycles. The Morgan fingerprint density at radius 3 is 2.82 bits per heavy atom. The fourth-order valence-electron chi connectivity index (χ4n) is 1.34. The summed E-state index contributed by atoms with van der Waals surface area (Å²) in [6, 6.07) is 5.01. The highest BCUT2D eigenvalue weighted by atomic mass is 79.9. The molecule has 94 valence electrons. The minimum absolute atomic E-state index is 0.0959. The molecule has 0 aromatic heterocycles. The smallest absolute Gasteiger partial charge is 0.293 e. The summed E-state index contributed by atoms with van der Waals surface area (Å²) in [5, 5.41) is 13.9. The molecule has 0 atom stereocenters. The van der Waals surface area contributed by atoms with Crippen LogP contribution in [0.15, 0.2) is 22.7 Å². The lowest BCUT2D eigenvalue weighted by molar-refractivity contribution is -0.384. The van der Waals surface area contributed by atoms with Gasteiger partial charge in [-0.3, -0.25) is 10.1 Å². The average Bonchev–Trinajstić information content (AvgIpc) is 2.30. The van der Waals surface area contributed by atoms with Crippen molar-refractivity contribution in [2.75, 3.05) is 32.0 Å². The van der Waals surface area contributed by atoms with Crippen LogP contribution in [0.5, 0.6) is 0 Å². The standard InChI is InChI=1S/C11H16BrN3O2/c1-3-14(2)7-6-13-10-5-4-9(12)8-11(10)15(16)17/h4-5,8,13H,3,6-7H2,1-2H3. The van der Waals surface area contributed by atoms with Gasteiger partial charge in [0.05, 0.1) is 4.92 Å². The molecule has 0 saturated heterocycles. The van der Waals surface area contributed by atoms with Crippen molar-refractivity contribution in [1.82, 2.24) is 4.90 Å². The first-order chi connectivity index (χ1) is 8.04. The van der Waals surface area contributed by atoms with Crippen molar-refractivity contribution < 1.29 is 4.92 Å². The molecule has 0 aliphatic carbocycles. The second-order valence-corrected chi connectivity index (χ2v) is 4.66. The van der Waals surface area contributed by atoms with Gasteiger partial charge in [0.2, 0.25) is 0 Å². The van der Waals surface area contributed by atoms with Crippen LogP contribution in [-0.4, -0.2) is 36.5 Å². The number of benzene rings is 1. The summed E-state index contributed by atoms with van der Waals surface area (Å²) in [6.07, 6.45) is 0. The van der Waals surface area contributed by atoms with E-state index in [0.29, 0.717) is 16.7 Å². The molecule has 1 rings (SSSR count). The van der Waals surface area contributed by atoms with Gasteiger partial charge in [-0.05, 0) is 25.7 Å². The first-order valence-corrected chi connectivity index (χ1v) is 6.20. The van der Waals surface area contributed by atoms with E-state index in [4.69, 9.17) is 0 Å². The van der Waals surface area contributed by atoms with Gasteiger partial charge in [0.1, 0.15) is 5.69 Å². The van der Waals surface area contributed by atoms with E-state index in [1.165, 1.54) is 6.07 Å². The number of nitro groups is 1. The van der Waals surface area contributed by atoms with E-state index in [-0.39, 0.29) is 10.6 Å². The molecule has 17 heavy (non-hydrogen) atoms. The van der Waals surface area contributed by atoms with Crippen molar-refractivity contribution in [3.8, 4) is 0 Å². The molecule has 0 fully saturated rings. The minimum atomic E-state index is -0.378. The van der Waals surface area contributed by atoms with Gasteiger partial charge in [-0.1, -0.05) is 22.9 Å². The molecule has 0 amide bonds. The molecule has 0 unspecified atom stereocenters. The Hall–Kier alpha value is -1.14. The highest BCUT2D eigenvalue weighted by molar-refractivity contribution is 9.10. The lowest BCUT2D eigenvalue weighted by Gasteiger charge is -2.14. The van der Waals surface area contributed by atoms with Gasteiger partial charge < -0.3 is 10.2 Å². The molecule has 6 heteroatoms. The third-order valence-electron chi connectivity index (χ3n) is 2.51. The maximum atomic E-state index is 10.9. The first kappa shape index (κ1) is 13.9. The van der Waals surface area contributed by atoms with Crippen molar-refractivity contribution in [3.05, 3.63) is 32.8 Å². The van der Waals surface area contributed by atoms with Crippen LogP contribution in [0, 0.1) is 10.1 Å². The molecule has 1 aromatic carbocycles. The van der Waals surface area contributed by atoms with Gasteiger partial charge in [-0.2, -0.15) is 0 Å². The van der Waals surface area contributed by atoms with Crippen molar-refractivity contribution in [2.45, 2.75) is 6.92 Å². The van der Waals surface area contributed by atoms with E-state index in [0.717, 1.165) is 13.1 Å². The van der Waals surface area contributed by atoms with Gasteiger partial charge in [0.25, 0.3) is 5.69 Å². The molecule has 0 radical (unpaired) electrons.